The van der Waals surface area contributed by atoms with Crippen LogP contribution in [0, 0.1) is 0 Å². The maximum Gasteiger partial charge on any atom is 0.252 e. The SMILES string of the molecule is COCC(=O)N(C)C1=C(N(C)C)C(=O)c2c(OC)ccc(OC)c2C1=O. The fourth-order valence-electron chi connectivity index (χ4n) is 2.88. The molecule has 0 saturated carbocycles. The molecule has 26 heavy (non-hydrogen) atoms. The van der Waals surface area contributed by atoms with Gasteiger partial charge in [0.1, 0.15) is 29.5 Å². The number of hydrogen-bond acceptors (Lipinski definition) is 7. The molecule has 1 aliphatic rings. The van der Waals surface area contributed by atoms with Crippen LogP contribution in [0.15, 0.2) is 23.5 Å². The lowest BCUT2D eigenvalue weighted by Gasteiger charge is -2.31. The number of rotatable bonds is 6. The lowest BCUT2D eigenvalue weighted by molar-refractivity contribution is -0.131. The minimum Gasteiger partial charge on any atom is -0.496 e. The van der Waals surface area contributed by atoms with Crippen LogP contribution in [0.4, 0.5) is 0 Å². The van der Waals surface area contributed by atoms with E-state index in [1.165, 1.54) is 33.3 Å². The van der Waals surface area contributed by atoms with Crippen LogP contribution in [0.1, 0.15) is 20.7 Å². The highest BCUT2D eigenvalue weighted by molar-refractivity contribution is 6.29. The van der Waals surface area contributed by atoms with Crippen molar-refractivity contribution < 1.29 is 28.6 Å². The van der Waals surface area contributed by atoms with Gasteiger partial charge in [0.2, 0.25) is 11.6 Å². The molecule has 0 atom stereocenters. The summed E-state index contributed by atoms with van der Waals surface area (Å²) in [6, 6.07) is 3.12. The highest BCUT2D eigenvalue weighted by atomic mass is 16.5. The van der Waals surface area contributed by atoms with Crippen molar-refractivity contribution in [3.05, 3.63) is 34.7 Å². The van der Waals surface area contributed by atoms with Gasteiger partial charge in [-0.1, -0.05) is 0 Å². The Labute approximate surface area is 151 Å². The summed E-state index contributed by atoms with van der Waals surface area (Å²) in [5.41, 5.74) is 0.272. The number of benzene rings is 1. The zero-order valence-corrected chi connectivity index (χ0v) is 15.7. The lowest BCUT2D eigenvalue weighted by atomic mass is 9.87. The molecule has 0 spiro atoms. The Morgan fingerprint density at radius 3 is 1.73 bits per heavy atom. The van der Waals surface area contributed by atoms with Crippen LogP contribution in [0.25, 0.3) is 0 Å². The number of likely N-dealkylation sites (N-methyl/N-ethyl adjacent to an activating group) is 2. The van der Waals surface area contributed by atoms with E-state index in [2.05, 4.69) is 0 Å². The summed E-state index contributed by atoms with van der Waals surface area (Å²) in [5, 5.41) is 0. The summed E-state index contributed by atoms with van der Waals surface area (Å²) >= 11 is 0. The van der Waals surface area contributed by atoms with Crippen molar-refractivity contribution in [1.82, 2.24) is 9.80 Å². The largest absolute Gasteiger partial charge is 0.496 e. The van der Waals surface area contributed by atoms with Crippen LogP contribution in [0.2, 0.25) is 0 Å². The molecule has 0 bridgehead atoms. The Hall–Kier alpha value is -2.87. The number of hydrogen-bond donors (Lipinski definition) is 0. The first-order chi connectivity index (χ1) is 12.3. The predicted octanol–water partition coefficient (Wildman–Crippen LogP) is 0.961. The summed E-state index contributed by atoms with van der Waals surface area (Å²) < 4.78 is 15.4. The van der Waals surface area contributed by atoms with E-state index >= 15 is 0 Å². The molecule has 0 aromatic heterocycles. The van der Waals surface area contributed by atoms with Crippen molar-refractivity contribution in [3.63, 3.8) is 0 Å². The third kappa shape index (κ3) is 3.03. The van der Waals surface area contributed by atoms with Crippen LogP contribution in [-0.2, 0) is 9.53 Å². The van der Waals surface area contributed by atoms with E-state index in [1.54, 1.807) is 26.2 Å². The Morgan fingerprint density at radius 2 is 1.35 bits per heavy atom. The monoisotopic (exact) mass is 362 g/mol. The Morgan fingerprint density at radius 1 is 0.885 bits per heavy atom. The molecule has 1 amide bonds. The number of carbonyl (C=O) groups excluding carboxylic acids is 3. The predicted molar refractivity (Wildman–Crippen MR) is 93.6 cm³/mol. The zero-order valence-electron chi connectivity index (χ0n) is 15.7. The van der Waals surface area contributed by atoms with E-state index in [0.717, 1.165) is 4.90 Å². The molecule has 0 fully saturated rings. The average molecular weight is 362 g/mol. The van der Waals surface area contributed by atoms with Gasteiger partial charge in [0, 0.05) is 28.3 Å². The second-order valence-corrected chi connectivity index (χ2v) is 5.86. The smallest absolute Gasteiger partial charge is 0.252 e. The van der Waals surface area contributed by atoms with Crippen LogP contribution in [0.5, 0.6) is 11.5 Å². The van der Waals surface area contributed by atoms with Gasteiger partial charge in [-0.15, -0.1) is 0 Å². The third-order valence-electron chi connectivity index (χ3n) is 4.10. The number of fused-ring (bicyclic) bond motifs is 1. The van der Waals surface area contributed by atoms with Crippen LogP contribution >= 0.6 is 0 Å². The van der Waals surface area contributed by atoms with Crippen LogP contribution in [0.3, 0.4) is 0 Å². The van der Waals surface area contributed by atoms with Crippen molar-refractivity contribution in [2.45, 2.75) is 0 Å². The van der Waals surface area contributed by atoms with Gasteiger partial charge < -0.3 is 24.0 Å². The van der Waals surface area contributed by atoms with Crippen molar-refractivity contribution in [3.8, 4) is 11.5 Å². The first-order valence-corrected chi connectivity index (χ1v) is 7.81. The van der Waals surface area contributed by atoms with E-state index in [4.69, 9.17) is 14.2 Å². The molecule has 140 valence electrons. The molecular weight excluding hydrogens is 340 g/mol. The Balaban J connectivity index is 2.78. The molecule has 8 heteroatoms. The van der Waals surface area contributed by atoms with Crippen LogP contribution < -0.4 is 9.47 Å². The molecule has 8 nitrogen and oxygen atoms in total. The molecular formula is C18H22N2O6. The summed E-state index contributed by atoms with van der Waals surface area (Å²) in [5.74, 6) is -0.864. The number of allylic oxidation sites excluding steroid dienone is 2. The number of amides is 1. The van der Waals surface area contributed by atoms with Crippen molar-refractivity contribution in [1.29, 1.82) is 0 Å². The Bertz CT molecular complexity index is 797. The maximum absolute atomic E-state index is 13.3. The minimum absolute atomic E-state index is 0.0268. The van der Waals surface area contributed by atoms with E-state index < -0.39 is 17.5 Å². The van der Waals surface area contributed by atoms with Gasteiger partial charge in [-0.2, -0.15) is 0 Å². The fourth-order valence-corrected chi connectivity index (χ4v) is 2.88. The quantitative estimate of drug-likeness (QED) is 0.745. The molecule has 1 aliphatic carbocycles. The number of ether oxygens (including phenoxy) is 3. The fraction of sp³-hybridized carbons (Fsp3) is 0.389. The van der Waals surface area contributed by atoms with E-state index in [1.807, 2.05) is 0 Å². The Kier molecular flexibility index (Phi) is 5.66. The molecule has 2 rings (SSSR count). The van der Waals surface area contributed by atoms with Crippen LogP contribution in [-0.4, -0.2) is 76.4 Å². The number of carbonyl (C=O) groups is 3. The highest BCUT2D eigenvalue weighted by Crippen LogP contribution is 2.39. The van der Waals surface area contributed by atoms with Gasteiger partial charge in [0.15, 0.2) is 0 Å². The van der Waals surface area contributed by atoms with E-state index in [0.29, 0.717) is 0 Å². The zero-order chi connectivity index (χ0) is 19.6. The summed E-state index contributed by atoms with van der Waals surface area (Å²) in [7, 11) is 8.90. The normalized spacial score (nSPS) is 13.5. The second-order valence-electron chi connectivity index (χ2n) is 5.86. The van der Waals surface area contributed by atoms with Gasteiger partial charge in [0.05, 0.1) is 25.3 Å². The highest BCUT2D eigenvalue weighted by Gasteiger charge is 2.40. The molecule has 0 saturated heterocycles. The minimum atomic E-state index is -0.494. The number of methoxy groups -OCH3 is 3. The van der Waals surface area contributed by atoms with Gasteiger partial charge >= 0.3 is 0 Å². The average Bonchev–Trinajstić information content (AvgIpc) is 2.62. The van der Waals surface area contributed by atoms with Crippen molar-refractivity contribution >= 4 is 17.5 Å². The molecule has 0 heterocycles. The molecule has 1 aromatic rings. The first kappa shape index (κ1) is 19.5. The summed E-state index contributed by atoms with van der Waals surface area (Å²) in [6.45, 7) is -0.218. The molecule has 0 aliphatic heterocycles. The summed E-state index contributed by atoms with van der Waals surface area (Å²) in [4.78, 5) is 41.4. The molecule has 0 radical (unpaired) electrons. The second kappa shape index (κ2) is 7.57. The van der Waals surface area contributed by atoms with E-state index in [-0.39, 0.29) is 40.6 Å². The third-order valence-corrected chi connectivity index (χ3v) is 4.10. The number of Topliss-reactive ketones (excluding diaryl/α,β-unsaturated/α-hetero) is 2. The van der Waals surface area contributed by atoms with Gasteiger partial charge in [-0.05, 0) is 12.1 Å². The van der Waals surface area contributed by atoms with E-state index in [9.17, 15) is 14.4 Å². The van der Waals surface area contributed by atoms with Gasteiger partial charge in [-0.25, -0.2) is 0 Å². The topological polar surface area (TPSA) is 85.4 Å². The molecule has 0 unspecified atom stereocenters. The first-order valence-electron chi connectivity index (χ1n) is 7.81. The van der Waals surface area contributed by atoms with Gasteiger partial charge in [0.25, 0.3) is 5.91 Å². The maximum atomic E-state index is 13.3. The summed E-state index contributed by atoms with van der Waals surface area (Å²) in [6.07, 6.45) is 0. The van der Waals surface area contributed by atoms with Crippen molar-refractivity contribution in [2.75, 3.05) is 49.1 Å². The molecule has 0 N–H and O–H groups in total. The van der Waals surface area contributed by atoms with Crippen molar-refractivity contribution in [2.24, 2.45) is 0 Å². The lowest BCUT2D eigenvalue weighted by Crippen LogP contribution is -2.40. The molecule has 1 aromatic carbocycles. The number of ketones is 2. The number of nitrogens with zero attached hydrogens (tertiary/aromatic N) is 2. The standard InChI is InChI=1S/C18H22N2O6/c1-19(2)15-16(20(3)12(21)9-24-4)18(23)14-11(26-6)8-7-10(25-5)13(14)17(15)22/h7-8H,9H2,1-6H3. The van der Waals surface area contributed by atoms with Gasteiger partial charge in [-0.3, -0.25) is 14.4 Å².